The molecule has 0 spiro atoms. The quantitative estimate of drug-likeness (QED) is 0.273. The summed E-state index contributed by atoms with van der Waals surface area (Å²) in [5.74, 6) is 0.523. The number of methoxy groups -OCH3 is 1. The molecule has 230 valence electrons. The molecular formula is C32H41N5O5S. The van der Waals surface area contributed by atoms with Crippen molar-refractivity contribution < 1.29 is 22.7 Å². The summed E-state index contributed by atoms with van der Waals surface area (Å²) in [7, 11) is -2.71. The molecule has 0 unspecified atom stereocenters. The normalized spacial score (nSPS) is 14.7. The van der Waals surface area contributed by atoms with Crippen molar-refractivity contribution in [1.29, 1.82) is 0 Å². The highest BCUT2D eigenvalue weighted by molar-refractivity contribution is 7.89. The van der Waals surface area contributed by atoms with E-state index in [0.29, 0.717) is 54.4 Å². The van der Waals surface area contributed by atoms with Gasteiger partial charge in [-0.15, -0.1) is 0 Å². The molecule has 1 aliphatic heterocycles. The van der Waals surface area contributed by atoms with Gasteiger partial charge < -0.3 is 20.7 Å². The first-order valence-electron chi connectivity index (χ1n) is 14.7. The molecule has 1 fully saturated rings. The van der Waals surface area contributed by atoms with Crippen LogP contribution in [0.2, 0.25) is 0 Å². The molecule has 1 atom stereocenters. The summed E-state index contributed by atoms with van der Waals surface area (Å²) in [4.78, 5) is 32.3. The number of aromatic nitrogens is 1. The Morgan fingerprint density at radius 3 is 2.53 bits per heavy atom. The Morgan fingerprint density at radius 1 is 1.12 bits per heavy atom. The Labute approximate surface area is 254 Å². The van der Waals surface area contributed by atoms with Crippen LogP contribution in [0.15, 0.2) is 65.7 Å². The summed E-state index contributed by atoms with van der Waals surface area (Å²) in [5.41, 5.74) is 8.47. The van der Waals surface area contributed by atoms with Gasteiger partial charge in [-0.2, -0.15) is 4.72 Å². The highest BCUT2D eigenvalue weighted by Crippen LogP contribution is 2.35. The van der Waals surface area contributed by atoms with Crippen LogP contribution in [-0.4, -0.2) is 56.4 Å². The van der Waals surface area contributed by atoms with Gasteiger partial charge in [-0.25, -0.2) is 8.42 Å². The fourth-order valence-corrected chi connectivity index (χ4v) is 6.55. The molecule has 4 N–H and O–H groups in total. The van der Waals surface area contributed by atoms with Gasteiger partial charge in [-0.1, -0.05) is 38.1 Å². The highest BCUT2D eigenvalue weighted by atomic mass is 32.2. The maximum atomic E-state index is 14.1. The fourth-order valence-electron chi connectivity index (χ4n) is 5.15. The number of hydrogen-bond acceptors (Lipinski definition) is 7. The number of aryl methyl sites for hydroxylation is 1. The zero-order valence-corrected chi connectivity index (χ0v) is 25.8. The monoisotopic (exact) mass is 607 g/mol. The Hall–Kier alpha value is -3.96. The molecule has 1 aliphatic rings. The Bertz CT molecular complexity index is 1520. The molecule has 11 heteroatoms. The van der Waals surface area contributed by atoms with Crippen molar-refractivity contribution in [3.63, 3.8) is 0 Å². The summed E-state index contributed by atoms with van der Waals surface area (Å²) in [5, 5.41) is 2.80. The molecule has 0 radical (unpaired) electrons. The number of hydrogen-bond donors (Lipinski definition) is 3. The molecule has 2 aromatic carbocycles. The van der Waals surface area contributed by atoms with E-state index < -0.39 is 16.1 Å². The van der Waals surface area contributed by atoms with E-state index in [0.717, 1.165) is 18.5 Å². The highest BCUT2D eigenvalue weighted by Gasteiger charge is 2.32. The van der Waals surface area contributed by atoms with Crippen molar-refractivity contribution >= 4 is 33.2 Å². The lowest BCUT2D eigenvalue weighted by molar-refractivity contribution is -0.134. The number of anilines is 2. The van der Waals surface area contributed by atoms with Crippen molar-refractivity contribution in [2.45, 2.75) is 63.3 Å². The smallest absolute Gasteiger partial charge is 0.243 e. The maximum absolute atomic E-state index is 14.1. The number of rotatable bonds is 12. The number of sulfonamides is 1. The fraction of sp³-hybridized carbons (Fsp3) is 0.406. The Morgan fingerprint density at radius 2 is 1.86 bits per heavy atom. The van der Waals surface area contributed by atoms with Gasteiger partial charge >= 0.3 is 0 Å². The number of likely N-dealkylation sites (tertiary alicyclic amines) is 1. The van der Waals surface area contributed by atoms with E-state index in [2.05, 4.69) is 21.9 Å². The number of ether oxygens (including phenoxy) is 1. The number of nitrogen functional groups attached to an aromatic ring is 1. The van der Waals surface area contributed by atoms with Crippen LogP contribution in [0.5, 0.6) is 5.75 Å². The van der Waals surface area contributed by atoms with Crippen LogP contribution in [0.25, 0.3) is 11.1 Å². The van der Waals surface area contributed by atoms with E-state index in [1.54, 1.807) is 61.5 Å². The topological polar surface area (TPSA) is 144 Å². The first kappa shape index (κ1) is 32.0. The average molecular weight is 608 g/mol. The predicted molar refractivity (Wildman–Crippen MR) is 168 cm³/mol. The first-order valence-corrected chi connectivity index (χ1v) is 16.2. The van der Waals surface area contributed by atoms with Gasteiger partial charge in [0.15, 0.2) is 0 Å². The van der Waals surface area contributed by atoms with Gasteiger partial charge in [0.05, 0.1) is 24.7 Å². The van der Waals surface area contributed by atoms with E-state index in [1.807, 2.05) is 12.1 Å². The molecule has 1 saturated heterocycles. The van der Waals surface area contributed by atoms with Crippen molar-refractivity contribution in [2.24, 2.45) is 5.92 Å². The number of para-hydroxylation sites is 1. The molecule has 0 aliphatic carbocycles. The Balaban J connectivity index is 1.67. The summed E-state index contributed by atoms with van der Waals surface area (Å²) in [6.45, 7) is 5.02. The lowest BCUT2D eigenvalue weighted by atomic mass is 9.98. The molecule has 4 rings (SSSR count). The second-order valence-corrected chi connectivity index (χ2v) is 12.7. The first-order chi connectivity index (χ1) is 20.6. The number of carbonyl (C=O) groups excluding carboxylic acids is 2. The van der Waals surface area contributed by atoms with Gasteiger partial charge in [0.25, 0.3) is 0 Å². The third-order valence-electron chi connectivity index (χ3n) is 7.75. The van der Waals surface area contributed by atoms with E-state index in [4.69, 9.17) is 10.5 Å². The van der Waals surface area contributed by atoms with Crippen molar-refractivity contribution in [3.8, 4) is 16.9 Å². The van der Waals surface area contributed by atoms with Crippen molar-refractivity contribution in [3.05, 3.63) is 66.5 Å². The minimum Gasteiger partial charge on any atom is -0.497 e. The number of nitrogens with one attached hydrogen (secondary N) is 2. The molecule has 43 heavy (non-hydrogen) atoms. The summed E-state index contributed by atoms with van der Waals surface area (Å²) < 4.78 is 36.2. The zero-order chi connectivity index (χ0) is 31.0. The number of piperidine rings is 1. The second-order valence-electron chi connectivity index (χ2n) is 11.0. The van der Waals surface area contributed by atoms with Gasteiger partial charge in [0.2, 0.25) is 21.8 Å². The van der Waals surface area contributed by atoms with E-state index in [9.17, 15) is 18.0 Å². The van der Waals surface area contributed by atoms with Crippen LogP contribution >= 0.6 is 0 Å². The molecule has 2 heterocycles. The SMILES string of the molecule is CCC(=O)Nc1c(-c2cccc(OC)c2)cccc1S(=O)(=O)N[C@@H](CCCc1ccc(N)cn1)C(=O)N1CCC(C)CC1. The summed E-state index contributed by atoms with van der Waals surface area (Å²) in [6.07, 6.45) is 4.86. The van der Waals surface area contributed by atoms with E-state index in [-0.39, 0.29) is 35.2 Å². The third-order valence-corrected chi connectivity index (χ3v) is 9.26. The number of amides is 2. The standard InChI is InChI=1S/C32H41N5O5S/c1-4-30(38)35-31-27(23-8-5-10-26(20-23)42-3)11-7-13-29(31)43(40,41)36-28(32(39)37-18-16-22(2)17-19-37)12-6-9-25-15-14-24(33)21-34-25/h5,7-8,10-11,13-15,20-22,28,36H,4,6,9,12,16-19,33H2,1-3H3,(H,35,38)/t28-/m0/s1. The maximum Gasteiger partial charge on any atom is 0.243 e. The average Bonchev–Trinajstić information content (AvgIpc) is 3.01. The van der Waals surface area contributed by atoms with Gasteiger partial charge in [0.1, 0.15) is 16.7 Å². The Kier molecular flexibility index (Phi) is 10.8. The van der Waals surface area contributed by atoms with Crippen molar-refractivity contribution in [2.75, 3.05) is 31.2 Å². The molecule has 3 aromatic rings. The molecule has 0 bridgehead atoms. The van der Waals surface area contributed by atoms with Crippen LogP contribution in [-0.2, 0) is 26.0 Å². The molecule has 2 amide bonds. The van der Waals surface area contributed by atoms with Gasteiger partial charge in [0, 0.05) is 30.8 Å². The van der Waals surface area contributed by atoms with Crippen LogP contribution in [0.3, 0.4) is 0 Å². The summed E-state index contributed by atoms with van der Waals surface area (Å²) >= 11 is 0. The third kappa shape index (κ3) is 8.32. The number of nitrogens with zero attached hydrogens (tertiary/aromatic N) is 2. The largest absolute Gasteiger partial charge is 0.497 e. The minimum absolute atomic E-state index is 0.111. The molecule has 10 nitrogen and oxygen atoms in total. The van der Waals surface area contributed by atoms with Crippen LogP contribution in [0.4, 0.5) is 11.4 Å². The van der Waals surface area contributed by atoms with Crippen LogP contribution < -0.4 is 20.5 Å². The molecule has 1 aromatic heterocycles. The van der Waals surface area contributed by atoms with Crippen LogP contribution in [0, 0.1) is 5.92 Å². The number of carbonyl (C=O) groups is 2. The van der Waals surface area contributed by atoms with Crippen LogP contribution in [0.1, 0.15) is 51.6 Å². The number of pyridine rings is 1. The lowest BCUT2D eigenvalue weighted by Gasteiger charge is -2.33. The second kappa shape index (κ2) is 14.5. The zero-order valence-electron chi connectivity index (χ0n) is 25.0. The van der Waals surface area contributed by atoms with Crippen molar-refractivity contribution in [1.82, 2.24) is 14.6 Å². The predicted octanol–water partition coefficient (Wildman–Crippen LogP) is 4.62. The number of nitrogens with two attached hydrogens (primary N) is 1. The minimum atomic E-state index is -4.26. The van der Waals surface area contributed by atoms with E-state index >= 15 is 0 Å². The molecule has 0 saturated carbocycles. The molecular weight excluding hydrogens is 566 g/mol. The van der Waals surface area contributed by atoms with Gasteiger partial charge in [-0.3, -0.25) is 14.6 Å². The van der Waals surface area contributed by atoms with E-state index in [1.165, 1.54) is 6.07 Å². The summed E-state index contributed by atoms with van der Waals surface area (Å²) in [6, 6.07) is 14.6. The van der Waals surface area contributed by atoms with Gasteiger partial charge in [-0.05, 0) is 73.9 Å². The number of benzene rings is 2. The lowest BCUT2D eigenvalue weighted by Crippen LogP contribution is -2.50.